The molecule has 0 bridgehead atoms. The molecular formula is C18H16ClNO7. The largest absolute Gasteiger partial charge is 0.481 e. The van der Waals surface area contributed by atoms with Gasteiger partial charge in [-0.05, 0) is 43.3 Å². The van der Waals surface area contributed by atoms with Gasteiger partial charge in [-0.25, -0.2) is 4.79 Å². The van der Waals surface area contributed by atoms with Crippen molar-refractivity contribution in [3.05, 3.63) is 47.5 Å². The molecule has 2 N–H and O–H groups in total. The first-order valence-corrected chi connectivity index (χ1v) is 8.05. The summed E-state index contributed by atoms with van der Waals surface area (Å²) in [5, 5.41) is 16.8. The molecule has 1 aromatic heterocycles. The van der Waals surface area contributed by atoms with Gasteiger partial charge >= 0.3 is 12.0 Å². The highest BCUT2D eigenvalue weighted by molar-refractivity contribution is 6.31. The summed E-state index contributed by atoms with van der Waals surface area (Å²) < 4.78 is 16.2. The average Bonchev–Trinajstić information content (AvgIpc) is 2.97. The molecule has 0 aliphatic heterocycles. The van der Waals surface area contributed by atoms with E-state index in [-0.39, 0.29) is 6.08 Å². The van der Waals surface area contributed by atoms with Crippen LogP contribution in [0, 0.1) is 0 Å². The molecule has 1 unspecified atom stereocenters. The fourth-order valence-corrected chi connectivity index (χ4v) is 2.02. The van der Waals surface area contributed by atoms with Crippen LogP contribution in [-0.2, 0) is 9.59 Å². The summed E-state index contributed by atoms with van der Waals surface area (Å²) in [5.74, 6) is -0.954. The molecule has 9 heteroatoms. The van der Waals surface area contributed by atoms with Crippen molar-refractivity contribution >= 4 is 34.6 Å². The van der Waals surface area contributed by atoms with Crippen molar-refractivity contribution in [3.63, 3.8) is 0 Å². The number of benzene rings is 2. The SMILES string of the molecule is CC(=O)O.CC(Oc1ccc(Oc2nc3ccc(Cl)cc3o2)cc1)C(=O)O. The lowest BCUT2D eigenvalue weighted by Crippen LogP contribution is -2.22. The fraction of sp³-hybridized carbons (Fsp3) is 0.167. The molecule has 8 nitrogen and oxygen atoms in total. The van der Waals surface area contributed by atoms with Gasteiger partial charge in [0.25, 0.3) is 5.97 Å². The van der Waals surface area contributed by atoms with Crippen molar-refractivity contribution in [1.82, 2.24) is 4.98 Å². The molecule has 2 aromatic carbocycles. The molecule has 1 atom stereocenters. The van der Waals surface area contributed by atoms with Crippen LogP contribution in [0.2, 0.25) is 5.02 Å². The van der Waals surface area contributed by atoms with Crippen LogP contribution >= 0.6 is 11.6 Å². The predicted molar refractivity (Wildman–Crippen MR) is 96.6 cm³/mol. The van der Waals surface area contributed by atoms with Crippen LogP contribution in [-0.4, -0.2) is 33.2 Å². The Kier molecular flexibility index (Phi) is 6.62. The van der Waals surface area contributed by atoms with Gasteiger partial charge in [-0.15, -0.1) is 0 Å². The Labute approximate surface area is 158 Å². The highest BCUT2D eigenvalue weighted by atomic mass is 35.5. The normalized spacial score (nSPS) is 11.2. The Morgan fingerprint density at radius 3 is 2.30 bits per heavy atom. The maximum absolute atomic E-state index is 10.7. The molecule has 0 aliphatic carbocycles. The van der Waals surface area contributed by atoms with Gasteiger partial charge in [0.1, 0.15) is 17.0 Å². The third kappa shape index (κ3) is 6.19. The second-order valence-electron chi connectivity index (χ2n) is 5.28. The summed E-state index contributed by atoms with van der Waals surface area (Å²) in [4.78, 5) is 23.9. The lowest BCUT2D eigenvalue weighted by Gasteiger charge is -2.10. The maximum atomic E-state index is 10.7. The Morgan fingerprint density at radius 2 is 1.70 bits per heavy atom. The van der Waals surface area contributed by atoms with Crippen molar-refractivity contribution in [3.8, 4) is 17.6 Å². The number of carboxylic acids is 2. The minimum Gasteiger partial charge on any atom is -0.481 e. The molecule has 27 heavy (non-hydrogen) atoms. The number of halogens is 1. The van der Waals surface area contributed by atoms with Crippen molar-refractivity contribution in [2.24, 2.45) is 0 Å². The first-order valence-electron chi connectivity index (χ1n) is 7.67. The van der Waals surface area contributed by atoms with Gasteiger partial charge in [-0.2, -0.15) is 4.98 Å². The zero-order valence-electron chi connectivity index (χ0n) is 14.4. The third-order valence-electron chi connectivity index (χ3n) is 3.02. The Bertz CT molecular complexity index is 933. The van der Waals surface area contributed by atoms with E-state index in [1.165, 1.54) is 6.92 Å². The van der Waals surface area contributed by atoms with Gasteiger partial charge in [0.05, 0.1) is 0 Å². The molecule has 0 saturated carbocycles. The van der Waals surface area contributed by atoms with Crippen LogP contribution in [0.5, 0.6) is 17.6 Å². The second kappa shape index (κ2) is 8.91. The molecule has 142 valence electrons. The Hall–Kier alpha value is -3.26. The van der Waals surface area contributed by atoms with Gasteiger partial charge < -0.3 is 24.1 Å². The second-order valence-corrected chi connectivity index (χ2v) is 5.72. The van der Waals surface area contributed by atoms with Gasteiger partial charge in [-0.3, -0.25) is 4.79 Å². The van der Waals surface area contributed by atoms with Crippen molar-refractivity contribution in [2.45, 2.75) is 20.0 Å². The highest BCUT2D eigenvalue weighted by Gasteiger charge is 2.13. The van der Waals surface area contributed by atoms with Crippen LogP contribution in [0.1, 0.15) is 13.8 Å². The minimum absolute atomic E-state index is 0.0924. The zero-order valence-corrected chi connectivity index (χ0v) is 15.1. The van der Waals surface area contributed by atoms with Crippen molar-refractivity contribution in [2.75, 3.05) is 0 Å². The Morgan fingerprint density at radius 1 is 1.11 bits per heavy atom. The summed E-state index contributed by atoms with van der Waals surface area (Å²) in [5.41, 5.74) is 1.17. The maximum Gasteiger partial charge on any atom is 0.400 e. The third-order valence-corrected chi connectivity index (χ3v) is 3.26. The monoisotopic (exact) mass is 393 g/mol. The first-order chi connectivity index (χ1) is 12.7. The topological polar surface area (TPSA) is 119 Å². The quantitative estimate of drug-likeness (QED) is 0.661. The smallest absolute Gasteiger partial charge is 0.400 e. The van der Waals surface area contributed by atoms with Crippen LogP contribution in [0.4, 0.5) is 0 Å². The van der Waals surface area contributed by atoms with E-state index in [2.05, 4.69) is 4.98 Å². The van der Waals surface area contributed by atoms with Crippen LogP contribution in [0.3, 0.4) is 0 Å². The number of ether oxygens (including phenoxy) is 2. The fourth-order valence-electron chi connectivity index (χ4n) is 1.86. The number of carboxylic acid groups (broad SMARTS) is 2. The van der Waals surface area contributed by atoms with Gasteiger partial charge in [0, 0.05) is 18.0 Å². The summed E-state index contributed by atoms with van der Waals surface area (Å²) in [7, 11) is 0. The molecule has 0 aliphatic rings. The molecule has 3 aromatic rings. The lowest BCUT2D eigenvalue weighted by molar-refractivity contribution is -0.144. The number of fused-ring (bicyclic) bond motifs is 1. The number of oxazole rings is 1. The Balaban J connectivity index is 0.000000596. The number of rotatable bonds is 5. The van der Waals surface area contributed by atoms with E-state index in [0.717, 1.165) is 6.92 Å². The van der Waals surface area contributed by atoms with E-state index in [4.69, 9.17) is 40.5 Å². The molecule has 0 radical (unpaired) electrons. The predicted octanol–water partition coefficient (Wildman–Crippen LogP) is 4.22. The van der Waals surface area contributed by atoms with E-state index >= 15 is 0 Å². The summed E-state index contributed by atoms with van der Waals surface area (Å²) in [6, 6.07) is 11.6. The van der Waals surface area contributed by atoms with Crippen molar-refractivity contribution < 1.29 is 33.7 Å². The molecule has 0 spiro atoms. The number of aliphatic carboxylic acids is 2. The average molecular weight is 394 g/mol. The number of hydrogen-bond acceptors (Lipinski definition) is 6. The number of nitrogens with zero attached hydrogens (tertiary/aromatic N) is 1. The molecule has 1 heterocycles. The van der Waals surface area contributed by atoms with Crippen molar-refractivity contribution in [1.29, 1.82) is 0 Å². The summed E-state index contributed by atoms with van der Waals surface area (Å²) in [6.07, 6.45) is -0.835. The van der Waals surface area contributed by atoms with E-state index in [1.807, 2.05) is 0 Å². The highest BCUT2D eigenvalue weighted by Crippen LogP contribution is 2.28. The molecule has 3 rings (SSSR count). The van der Waals surface area contributed by atoms with E-state index in [1.54, 1.807) is 42.5 Å². The van der Waals surface area contributed by atoms with E-state index < -0.39 is 18.0 Å². The number of aromatic nitrogens is 1. The molecular weight excluding hydrogens is 378 g/mol. The molecule has 0 fully saturated rings. The van der Waals surface area contributed by atoms with Crippen LogP contribution in [0.15, 0.2) is 46.9 Å². The van der Waals surface area contributed by atoms with Gasteiger partial charge in [-0.1, -0.05) is 11.6 Å². The van der Waals surface area contributed by atoms with E-state index in [0.29, 0.717) is 27.6 Å². The van der Waals surface area contributed by atoms with Crippen LogP contribution in [0.25, 0.3) is 11.1 Å². The molecule has 0 amide bonds. The summed E-state index contributed by atoms with van der Waals surface area (Å²) in [6.45, 7) is 2.54. The standard InChI is InChI=1S/C16H12ClNO5.C2H4O2/c1-9(15(19)20)21-11-3-5-12(6-4-11)22-16-18-13-7-2-10(17)8-14(13)23-16;1-2(3)4/h2-9H,1H3,(H,19,20);1H3,(H,3,4). The van der Waals surface area contributed by atoms with Gasteiger partial charge in [0.2, 0.25) is 0 Å². The minimum atomic E-state index is -1.03. The number of hydrogen-bond donors (Lipinski definition) is 2. The molecule has 0 saturated heterocycles. The van der Waals surface area contributed by atoms with Crippen LogP contribution < -0.4 is 9.47 Å². The number of carbonyl (C=O) groups is 2. The lowest BCUT2D eigenvalue weighted by atomic mass is 10.3. The van der Waals surface area contributed by atoms with Gasteiger partial charge in [0.15, 0.2) is 11.7 Å². The first kappa shape index (κ1) is 20.1. The van der Waals surface area contributed by atoms with E-state index in [9.17, 15) is 4.79 Å². The zero-order chi connectivity index (χ0) is 20.0. The summed E-state index contributed by atoms with van der Waals surface area (Å²) >= 11 is 5.88.